The molecule has 4 aliphatic carbocycles. The van der Waals surface area contributed by atoms with Gasteiger partial charge in [-0.3, -0.25) is 0 Å². The normalized spacial score (nSPS) is 52.4. The first kappa shape index (κ1) is 13.1. The van der Waals surface area contributed by atoms with Crippen molar-refractivity contribution < 1.29 is 13.9 Å². The standard InChI is InChI=1S/C17H25FO2/c1-16(2,3)20-15(19)17(18)8-11-7-12(17)14-10-5-4-9(6-10)13(11)14/h9-14H,4-8H2,1-3H3. The highest BCUT2D eigenvalue weighted by molar-refractivity contribution is 5.81. The van der Waals surface area contributed by atoms with E-state index >= 15 is 4.39 Å². The van der Waals surface area contributed by atoms with Gasteiger partial charge in [-0.1, -0.05) is 0 Å². The van der Waals surface area contributed by atoms with E-state index in [0.717, 1.165) is 18.3 Å². The summed E-state index contributed by atoms with van der Waals surface area (Å²) in [6.45, 7) is 5.46. The highest BCUT2D eigenvalue weighted by atomic mass is 19.1. The van der Waals surface area contributed by atoms with Crippen LogP contribution < -0.4 is 0 Å². The SMILES string of the molecule is CC(C)(C)OC(=O)C1(F)CC2CC1C1C3CCC(C3)C21. The fourth-order valence-corrected chi connectivity index (χ4v) is 6.16. The van der Waals surface area contributed by atoms with Crippen molar-refractivity contribution >= 4 is 5.97 Å². The Balaban J connectivity index is 1.59. The molecule has 4 saturated carbocycles. The van der Waals surface area contributed by atoms with Gasteiger partial charge in [-0.25, -0.2) is 9.18 Å². The Bertz CT molecular complexity index is 454. The second kappa shape index (κ2) is 3.78. The molecule has 0 aromatic rings. The number of hydrogen-bond acceptors (Lipinski definition) is 2. The van der Waals surface area contributed by atoms with Gasteiger partial charge in [-0.05, 0) is 82.5 Å². The van der Waals surface area contributed by atoms with E-state index < -0.39 is 17.2 Å². The lowest BCUT2D eigenvalue weighted by atomic mass is 9.66. The van der Waals surface area contributed by atoms with Crippen LogP contribution in [0.25, 0.3) is 0 Å². The zero-order valence-electron chi connectivity index (χ0n) is 12.7. The first-order chi connectivity index (χ1) is 9.29. The van der Waals surface area contributed by atoms with E-state index in [-0.39, 0.29) is 5.92 Å². The summed E-state index contributed by atoms with van der Waals surface area (Å²) in [4.78, 5) is 12.4. The lowest BCUT2D eigenvalue weighted by Gasteiger charge is -2.41. The van der Waals surface area contributed by atoms with Crippen molar-refractivity contribution in [2.75, 3.05) is 0 Å². The summed E-state index contributed by atoms with van der Waals surface area (Å²) >= 11 is 0. The average Bonchev–Trinajstić information content (AvgIpc) is 3.02. The summed E-state index contributed by atoms with van der Waals surface area (Å²) in [5.74, 6) is 2.54. The molecule has 0 heterocycles. The Labute approximate surface area is 120 Å². The maximum atomic E-state index is 15.4. The van der Waals surface area contributed by atoms with Gasteiger partial charge in [0.1, 0.15) is 5.60 Å². The molecule has 7 atom stereocenters. The molecule has 7 unspecified atom stereocenters. The van der Waals surface area contributed by atoms with Crippen LogP contribution >= 0.6 is 0 Å². The first-order valence-electron chi connectivity index (χ1n) is 8.22. The molecule has 0 N–H and O–H groups in total. The Morgan fingerprint density at radius 1 is 1.10 bits per heavy atom. The van der Waals surface area contributed by atoms with Gasteiger partial charge >= 0.3 is 5.97 Å². The van der Waals surface area contributed by atoms with E-state index in [1.807, 2.05) is 20.8 Å². The number of fused-ring (bicyclic) bond motifs is 9. The molecule has 0 aliphatic heterocycles. The monoisotopic (exact) mass is 280 g/mol. The minimum Gasteiger partial charge on any atom is -0.458 e. The molecule has 0 amide bonds. The third-order valence-corrected chi connectivity index (χ3v) is 6.50. The van der Waals surface area contributed by atoms with Crippen molar-refractivity contribution in [1.82, 2.24) is 0 Å². The lowest BCUT2D eigenvalue weighted by molar-refractivity contribution is -0.177. The van der Waals surface area contributed by atoms with Crippen molar-refractivity contribution in [3.63, 3.8) is 0 Å². The van der Waals surface area contributed by atoms with Crippen LogP contribution in [0.1, 0.15) is 52.9 Å². The quantitative estimate of drug-likeness (QED) is 0.540. The summed E-state index contributed by atoms with van der Waals surface area (Å²) in [7, 11) is 0. The molecule has 3 heteroatoms. The van der Waals surface area contributed by atoms with Gasteiger partial charge in [0.25, 0.3) is 0 Å². The molecule has 0 saturated heterocycles. The van der Waals surface area contributed by atoms with Crippen LogP contribution in [0.5, 0.6) is 0 Å². The van der Waals surface area contributed by atoms with Crippen molar-refractivity contribution in [2.45, 2.75) is 64.1 Å². The van der Waals surface area contributed by atoms with Gasteiger partial charge in [-0.2, -0.15) is 0 Å². The zero-order valence-corrected chi connectivity index (χ0v) is 12.7. The van der Waals surface area contributed by atoms with E-state index in [2.05, 4.69) is 0 Å². The fourth-order valence-electron chi connectivity index (χ4n) is 6.16. The van der Waals surface area contributed by atoms with E-state index in [0.29, 0.717) is 24.2 Å². The number of halogens is 1. The maximum absolute atomic E-state index is 15.4. The number of hydrogen-bond donors (Lipinski definition) is 0. The molecule has 4 bridgehead atoms. The predicted molar refractivity (Wildman–Crippen MR) is 73.7 cm³/mol. The molecule has 4 aliphatic rings. The molecule has 0 aromatic heterocycles. The van der Waals surface area contributed by atoms with Gasteiger partial charge in [0, 0.05) is 5.92 Å². The van der Waals surface area contributed by atoms with Gasteiger partial charge < -0.3 is 4.74 Å². The van der Waals surface area contributed by atoms with Crippen LogP contribution in [0.2, 0.25) is 0 Å². The van der Waals surface area contributed by atoms with Crippen LogP contribution in [0.4, 0.5) is 4.39 Å². The van der Waals surface area contributed by atoms with E-state index in [9.17, 15) is 4.79 Å². The molecule has 20 heavy (non-hydrogen) atoms. The van der Waals surface area contributed by atoms with E-state index in [1.54, 1.807) is 0 Å². The summed E-state index contributed by atoms with van der Waals surface area (Å²) < 4.78 is 20.8. The molecule has 4 rings (SSSR count). The van der Waals surface area contributed by atoms with Gasteiger partial charge in [0.2, 0.25) is 5.67 Å². The van der Waals surface area contributed by atoms with E-state index in [4.69, 9.17) is 4.74 Å². The third-order valence-electron chi connectivity index (χ3n) is 6.50. The molecule has 2 nitrogen and oxygen atoms in total. The van der Waals surface area contributed by atoms with Crippen molar-refractivity contribution in [3.8, 4) is 0 Å². The molecule has 0 radical (unpaired) electrons. The number of rotatable bonds is 1. The Hall–Kier alpha value is -0.600. The van der Waals surface area contributed by atoms with Crippen LogP contribution in [0.3, 0.4) is 0 Å². The van der Waals surface area contributed by atoms with Gasteiger partial charge in [0.05, 0.1) is 0 Å². The fraction of sp³-hybridized carbons (Fsp3) is 0.941. The molecule has 4 fully saturated rings. The van der Waals surface area contributed by atoms with E-state index in [1.165, 1.54) is 19.3 Å². The number of alkyl halides is 1. The topological polar surface area (TPSA) is 26.3 Å². The van der Waals surface area contributed by atoms with Crippen LogP contribution in [-0.2, 0) is 9.53 Å². The second-order valence-corrected chi connectivity index (χ2v) is 8.66. The van der Waals surface area contributed by atoms with Crippen molar-refractivity contribution in [2.24, 2.45) is 35.5 Å². The lowest BCUT2D eigenvalue weighted by Crippen LogP contribution is -2.49. The zero-order chi connectivity index (χ0) is 14.3. The molecular formula is C17H25FO2. The Morgan fingerprint density at radius 3 is 2.40 bits per heavy atom. The number of carbonyl (C=O) groups excluding carboxylic acids is 1. The predicted octanol–water partition coefficient (Wildman–Crippen LogP) is 3.74. The number of ether oxygens (including phenoxy) is 1. The van der Waals surface area contributed by atoms with Gasteiger partial charge in [0.15, 0.2) is 0 Å². The molecule has 0 aromatic carbocycles. The average molecular weight is 280 g/mol. The molecule has 0 spiro atoms. The maximum Gasteiger partial charge on any atom is 0.344 e. The Kier molecular flexibility index (Phi) is 2.47. The largest absolute Gasteiger partial charge is 0.458 e. The smallest absolute Gasteiger partial charge is 0.344 e. The van der Waals surface area contributed by atoms with Gasteiger partial charge in [-0.15, -0.1) is 0 Å². The second-order valence-electron chi connectivity index (χ2n) is 8.66. The summed E-state index contributed by atoms with van der Waals surface area (Å²) in [6.07, 6.45) is 5.27. The van der Waals surface area contributed by atoms with Crippen LogP contribution in [0, 0.1) is 35.5 Å². The van der Waals surface area contributed by atoms with Crippen molar-refractivity contribution in [1.29, 1.82) is 0 Å². The minimum atomic E-state index is -1.69. The first-order valence-corrected chi connectivity index (χ1v) is 8.22. The summed E-state index contributed by atoms with van der Waals surface area (Å²) in [6, 6.07) is 0. The summed E-state index contributed by atoms with van der Waals surface area (Å²) in [5, 5.41) is 0. The third kappa shape index (κ3) is 1.58. The number of esters is 1. The highest BCUT2D eigenvalue weighted by Gasteiger charge is 2.70. The number of carbonyl (C=O) groups is 1. The molecular weight excluding hydrogens is 255 g/mol. The van der Waals surface area contributed by atoms with Crippen LogP contribution in [0.15, 0.2) is 0 Å². The Morgan fingerprint density at radius 2 is 1.75 bits per heavy atom. The molecule has 112 valence electrons. The highest BCUT2D eigenvalue weighted by Crippen LogP contribution is 2.70. The van der Waals surface area contributed by atoms with Crippen LogP contribution in [-0.4, -0.2) is 17.2 Å². The minimum absolute atomic E-state index is 0.0531. The summed E-state index contributed by atoms with van der Waals surface area (Å²) in [5.41, 5.74) is -2.28. The van der Waals surface area contributed by atoms with Crippen molar-refractivity contribution in [3.05, 3.63) is 0 Å².